The number of anilines is 4. The van der Waals surface area contributed by atoms with Gasteiger partial charge in [-0.05, 0) is 166 Å². The Hall–Kier alpha value is -14.9. The second-order valence-corrected chi connectivity index (χ2v) is 33.2. The molecule has 0 unspecified atom stereocenters. The maximum Gasteiger partial charge on any atom is 0.256 e. The number of aromatic nitrogens is 8. The molecule has 24 heteroatoms. The van der Waals surface area contributed by atoms with E-state index in [1.807, 2.05) is 188 Å². The molecule has 4 aliphatic carbocycles. The normalized spacial score (nSPS) is 12.1. The summed E-state index contributed by atoms with van der Waals surface area (Å²) in [6.45, 7) is 0. The zero-order chi connectivity index (χ0) is 90.4. The first-order valence-electron chi connectivity index (χ1n) is 42.9. The summed E-state index contributed by atoms with van der Waals surface area (Å²) < 4.78 is 96.6. The molecule has 650 valence electrons. The van der Waals surface area contributed by atoms with Gasteiger partial charge in [0.1, 0.15) is 0 Å². The summed E-state index contributed by atoms with van der Waals surface area (Å²) >= 11 is 2.26. The molecule has 16 aromatic rings. The second kappa shape index (κ2) is 40.6. The van der Waals surface area contributed by atoms with Crippen molar-refractivity contribution in [3.63, 3.8) is 0 Å². The van der Waals surface area contributed by atoms with Gasteiger partial charge in [-0.15, -0.1) is 0 Å². The van der Waals surface area contributed by atoms with Gasteiger partial charge in [0.25, 0.3) is 5.91 Å². The molecule has 4 heterocycles. The molecule has 0 aliphatic heterocycles. The van der Waals surface area contributed by atoms with Crippen LogP contribution in [0.1, 0.15) is 117 Å². The number of rotatable bonds is 19. The summed E-state index contributed by atoms with van der Waals surface area (Å²) in [5, 5.41) is 11.4. The van der Waals surface area contributed by atoms with Gasteiger partial charge in [0.05, 0.1) is 87.6 Å². The van der Waals surface area contributed by atoms with E-state index in [9.17, 15) is 49.9 Å². The Balaban J connectivity index is 0.000000122. The number of amides is 4. The molecule has 20 rings (SSSR count). The highest BCUT2D eigenvalue weighted by molar-refractivity contribution is 14.1. The molecular weight excluding hydrogens is 1780 g/mol. The maximum atomic E-state index is 14.1. The van der Waals surface area contributed by atoms with Crippen LogP contribution in [0.5, 0.6) is 0 Å². The molecule has 0 bridgehead atoms. The van der Waals surface area contributed by atoms with E-state index in [2.05, 4.69) is 122 Å². The van der Waals surface area contributed by atoms with Crippen LogP contribution in [-0.2, 0) is 111 Å². The average Bonchev–Trinajstić information content (AvgIpc) is 0.785. The van der Waals surface area contributed by atoms with E-state index in [0.717, 1.165) is 155 Å². The van der Waals surface area contributed by atoms with Crippen molar-refractivity contribution in [1.82, 2.24) is 39.9 Å². The van der Waals surface area contributed by atoms with E-state index in [1.165, 1.54) is 22.8 Å². The van der Waals surface area contributed by atoms with Crippen LogP contribution in [-0.4, -0.2) is 63.5 Å². The summed E-state index contributed by atoms with van der Waals surface area (Å²) in [6, 6.07) is 92.9. The van der Waals surface area contributed by atoms with Gasteiger partial charge in [0.15, 0.2) is 58.2 Å². The number of hydrogen-bond donors (Lipinski definition) is 4. The summed E-state index contributed by atoms with van der Waals surface area (Å²) in [7, 11) is 0. The lowest BCUT2D eigenvalue weighted by Crippen LogP contribution is -2.21. The molecule has 16 nitrogen and oxygen atoms in total. The van der Waals surface area contributed by atoms with Crippen LogP contribution in [0, 0.1) is 44.3 Å². The smallest absolute Gasteiger partial charge is 0.256 e. The highest BCUT2D eigenvalue weighted by Gasteiger charge is 2.31. The van der Waals surface area contributed by atoms with E-state index in [4.69, 9.17) is 34.9 Å². The Labute approximate surface area is 764 Å². The summed E-state index contributed by atoms with van der Waals surface area (Å²) in [5.41, 5.74) is 23.6. The lowest BCUT2D eigenvalue weighted by atomic mass is 9.91. The number of nitrogens with zero attached hydrogens (tertiary/aromatic N) is 8. The lowest BCUT2D eigenvalue weighted by Gasteiger charge is -2.21. The number of nitrogens with one attached hydrogen (secondary N) is 4. The van der Waals surface area contributed by atoms with Crippen LogP contribution in [0.25, 0.3) is 45.0 Å². The van der Waals surface area contributed by atoms with Crippen molar-refractivity contribution in [1.29, 1.82) is 0 Å². The number of carbonyl (C=O) groups excluding carboxylic acids is 4. The van der Waals surface area contributed by atoms with Crippen LogP contribution in [0.15, 0.2) is 291 Å². The minimum absolute atomic E-state index is 0.0749. The maximum absolute atomic E-state index is 14.1. The SMILES string of the molecule is O=C(Cc1c(F)c(F)c(F)c(F)c1F)Nc1nc2c(nc1Cc1ccccc1)-c1ccccc1CC2.O=C(Cc1ccc(F)c(F)c1)Nc1nc2c(nc1Cc1ccccc1)-c1ccccc1CC2.O=C(Cc1ccc(I)cc1)Nc1nc2c(nc1Cc1ccccc1)-c1ccccc1CC2.O=C(Nc1nc2c(nc1Cc1ccccc1)-c1ccccc1CC2)c1ccccc1. The largest absolute Gasteiger partial charge is 0.309 e. The highest BCUT2D eigenvalue weighted by atomic mass is 127. The van der Waals surface area contributed by atoms with Crippen molar-refractivity contribution >= 4 is 69.5 Å². The van der Waals surface area contributed by atoms with Gasteiger partial charge in [-0.25, -0.2) is 70.6 Å². The summed E-state index contributed by atoms with van der Waals surface area (Å²) in [6.07, 6.45) is 7.54. The predicted molar refractivity (Wildman–Crippen MR) is 500 cm³/mol. The fourth-order valence-electron chi connectivity index (χ4n) is 16.4. The lowest BCUT2D eigenvalue weighted by molar-refractivity contribution is -0.116. The zero-order valence-corrected chi connectivity index (χ0v) is 72.7. The van der Waals surface area contributed by atoms with Gasteiger partial charge >= 0.3 is 0 Å². The number of halogens is 8. The minimum Gasteiger partial charge on any atom is -0.309 e. The highest BCUT2D eigenvalue weighted by Crippen LogP contribution is 2.39. The van der Waals surface area contributed by atoms with Crippen molar-refractivity contribution < 1.29 is 49.9 Å². The van der Waals surface area contributed by atoms with Crippen molar-refractivity contribution in [3.05, 3.63) is 448 Å². The summed E-state index contributed by atoms with van der Waals surface area (Å²) in [5.74, 6) is -12.5. The van der Waals surface area contributed by atoms with Crippen molar-refractivity contribution in [2.75, 3.05) is 21.3 Å². The third-order valence-corrected chi connectivity index (χ3v) is 23.7. The minimum atomic E-state index is -2.28. The molecule has 12 aromatic carbocycles. The van der Waals surface area contributed by atoms with Gasteiger partial charge < -0.3 is 21.3 Å². The number of aryl methyl sites for hydroxylation is 8. The molecule has 131 heavy (non-hydrogen) atoms. The number of hydrogen-bond acceptors (Lipinski definition) is 12. The summed E-state index contributed by atoms with van der Waals surface area (Å²) in [4.78, 5) is 90.1. The van der Waals surface area contributed by atoms with E-state index in [-0.39, 0.29) is 30.0 Å². The Morgan fingerprint density at radius 3 is 0.885 bits per heavy atom. The van der Waals surface area contributed by atoms with Crippen LogP contribution >= 0.6 is 22.6 Å². The van der Waals surface area contributed by atoms with E-state index in [1.54, 1.807) is 12.1 Å². The van der Waals surface area contributed by atoms with Gasteiger partial charge in [-0.2, -0.15) is 0 Å². The Morgan fingerprint density at radius 1 is 0.267 bits per heavy atom. The molecule has 0 fully saturated rings. The second-order valence-electron chi connectivity index (χ2n) is 32.0. The first-order valence-corrected chi connectivity index (χ1v) is 43.9. The van der Waals surface area contributed by atoms with Gasteiger partial charge in [-0.1, -0.05) is 255 Å². The number of benzene rings is 12. The first-order chi connectivity index (χ1) is 63.8. The number of carbonyl (C=O) groups is 4. The molecule has 0 spiro atoms. The Kier molecular flexibility index (Phi) is 27.3. The molecule has 4 N–H and O–H groups in total. The molecule has 4 amide bonds. The molecule has 0 saturated carbocycles. The van der Waals surface area contributed by atoms with Crippen LogP contribution in [0.3, 0.4) is 0 Å². The van der Waals surface area contributed by atoms with Crippen LogP contribution in [0.4, 0.5) is 54.0 Å². The van der Waals surface area contributed by atoms with Crippen molar-refractivity contribution in [2.24, 2.45) is 0 Å². The first kappa shape index (κ1) is 88.1. The van der Waals surface area contributed by atoms with Crippen molar-refractivity contribution in [3.8, 4) is 45.0 Å². The molecular formula is C107H82F7IN12O4. The fourth-order valence-corrected chi connectivity index (χ4v) is 16.8. The molecule has 4 aromatic heterocycles. The molecule has 0 saturated heterocycles. The van der Waals surface area contributed by atoms with Crippen LogP contribution in [0.2, 0.25) is 0 Å². The van der Waals surface area contributed by atoms with Gasteiger partial charge in [-0.3, -0.25) is 19.2 Å². The fraction of sp³-hybridized carbons (Fsp3) is 0.140. The van der Waals surface area contributed by atoms with E-state index >= 15 is 0 Å². The molecule has 0 atom stereocenters. The van der Waals surface area contributed by atoms with E-state index < -0.39 is 58.6 Å². The Morgan fingerprint density at radius 2 is 0.550 bits per heavy atom. The molecule has 0 radical (unpaired) electrons. The zero-order valence-electron chi connectivity index (χ0n) is 70.6. The third kappa shape index (κ3) is 21.1. The predicted octanol–water partition coefficient (Wildman–Crippen LogP) is 21.7. The number of fused-ring (bicyclic) bond motifs is 12. The topological polar surface area (TPSA) is 220 Å². The molecule has 4 aliphatic rings. The van der Waals surface area contributed by atoms with E-state index in [0.29, 0.717) is 96.3 Å². The monoisotopic (exact) mass is 1860 g/mol. The van der Waals surface area contributed by atoms with Gasteiger partial charge in [0.2, 0.25) is 23.5 Å². The quantitative estimate of drug-likeness (QED) is 0.0257. The Bertz CT molecular complexity index is 6940. The standard InChI is InChI=1S/C27H18F5N3O.C27H21F2N3O.C27H22IN3O.C26H21N3O/c28-21-17(22(29)24(31)25(32)23(21)30)13-20(36)35-27-19(12-14-6-2-1-3-7-14)33-26-16-9-5-4-8-15(16)10-11-18(26)34-27;28-21-12-10-18(14-22(21)29)16-25(33)32-27-24(15-17-6-2-1-3-7-17)30-26-20-9-5-4-8-19(20)11-13-23(26)31-27;28-21-13-10-19(11-14-21)17-25(32)31-27-24(16-18-6-2-1-3-7-18)29-26-22-9-5-4-8-20(22)12-15-23(26)30-27;30-26(20-12-5-2-6-13-20)29-25-23(17-18-9-3-1-4-10-18)27-24-21-14-8-7-11-19(21)15-16-22(24)28-25/h1-9H,10-13H2,(H,34,35,36);1-10,12,14H,11,13,15-16H2,(H,31,32,33);1-11,13-14H,12,15-17H2,(H,30,31,32);1-14H,15-17H2,(H,28,29,30). The third-order valence-electron chi connectivity index (χ3n) is 22.9. The van der Waals surface area contributed by atoms with Gasteiger partial charge in [0, 0.05) is 62.6 Å². The van der Waals surface area contributed by atoms with Crippen molar-refractivity contribution in [2.45, 2.75) is 96.3 Å². The average molecular weight is 1860 g/mol. The van der Waals surface area contributed by atoms with Crippen LogP contribution < -0.4 is 21.3 Å².